The molecule has 10 heteroatoms. The number of halogens is 4. The first kappa shape index (κ1) is 15.9. The lowest BCUT2D eigenvalue weighted by atomic mass is 9.79. The van der Waals surface area contributed by atoms with Crippen LogP contribution in [-0.4, -0.2) is 24.0 Å². The summed E-state index contributed by atoms with van der Waals surface area (Å²) in [5.41, 5.74) is 0. The summed E-state index contributed by atoms with van der Waals surface area (Å²) in [6.45, 7) is 0. The highest BCUT2D eigenvalue weighted by molar-refractivity contribution is 7.16. The number of rotatable bonds is 3. The van der Waals surface area contributed by atoms with E-state index in [2.05, 4.69) is 10.3 Å². The van der Waals surface area contributed by atoms with Gasteiger partial charge in [0.15, 0.2) is 16.5 Å². The van der Waals surface area contributed by atoms with Crippen molar-refractivity contribution in [1.29, 1.82) is 5.26 Å². The second-order valence-corrected chi connectivity index (χ2v) is 5.97. The van der Waals surface area contributed by atoms with Crippen LogP contribution in [0.15, 0.2) is 0 Å². The molecule has 0 saturated heterocycles. The van der Waals surface area contributed by atoms with Gasteiger partial charge in [0.2, 0.25) is 5.91 Å². The maximum atomic E-state index is 12.6. The Labute approximate surface area is 127 Å². The summed E-state index contributed by atoms with van der Waals surface area (Å²) >= 11 is 5.80. The van der Waals surface area contributed by atoms with Crippen molar-refractivity contribution in [3.8, 4) is 6.19 Å². The second kappa shape index (κ2) is 5.69. The van der Waals surface area contributed by atoms with E-state index in [1.54, 1.807) is 6.19 Å². The topological polar surface area (TPSA) is 69.0 Å². The third-order valence-corrected chi connectivity index (χ3v) is 4.77. The van der Waals surface area contributed by atoms with E-state index < -0.39 is 16.2 Å². The van der Waals surface area contributed by atoms with Crippen molar-refractivity contribution >= 4 is 34.0 Å². The molecule has 2 rings (SSSR count). The molecule has 1 aromatic heterocycles. The lowest BCUT2D eigenvalue weighted by Gasteiger charge is -2.34. The molecule has 1 saturated carbocycles. The van der Waals surface area contributed by atoms with Crippen LogP contribution in [0.3, 0.4) is 0 Å². The fourth-order valence-electron chi connectivity index (χ4n) is 2.01. The van der Waals surface area contributed by atoms with E-state index in [0.717, 1.165) is 4.90 Å². The number of alkyl halides is 3. The molecule has 0 spiro atoms. The number of amides is 1. The van der Waals surface area contributed by atoms with Crippen LogP contribution >= 0.6 is 22.9 Å². The minimum atomic E-state index is -4.59. The number of nitrogens with one attached hydrogen (secondary N) is 1. The van der Waals surface area contributed by atoms with Gasteiger partial charge in [-0.3, -0.25) is 9.69 Å². The Bertz CT molecular complexity index is 591. The summed E-state index contributed by atoms with van der Waals surface area (Å²) in [6.07, 6.45) is -1.85. The first-order chi connectivity index (χ1) is 9.74. The zero-order valence-electron chi connectivity index (χ0n) is 10.7. The SMILES string of the molecule is CN(c1nc(Cl)c(C(F)(F)F)s1)C(=O)[C@H]1C[C@H](NC#N)C1. The van der Waals surface area contributed by atoms with Crippen LogP contribution in [-0.2, 0) is 11.0 Å². The Hall–Kier alpha value is -1.53. The van der Waals surface area contributed by atoms with E-state index in [4.69, 9.17) is 16.9 Å². The van der Waals surface area contributed by atoms with Crippen LogP contribution in [0.25, 0.3) is 0 Å². The fourth-order valence-corrected chi connectivity index (χ4v) is 3.15. The Kier molecular flexibility index (Phi) is 4.30. The minimum absolute atomic E-state index is 0.0528. The van der Waals surface area contributed by atoms with Crippen molar-refractivity contribution in [2.24, 2.45) is 5.92 Å². The first-order valence-corrected chi connectivity index (χ1v) is 7.09. The molecule has 21 heavy (non-hydrogen) atoms. The smallest absolute Gasteiger partial charge is 0.321 e. The monoisotopic (exact) mass is 338 g/mol. The number of anilines is 1. The Morgan fingerprint density at radius 3 is 2.67 bits per heavy atom. The maximum absolute atomic E-state index is 12.6. The van der Waals surface area contributed by atoms with Crippen LogP contribution in [0.4, 0.5) is 18.3 Å². The summed E-state index contributed by atoms with van der Waals surface area (Å²) in [6, 6.07) is -0.0528. The number of thiazole rings is 1. The molecule has 0 radical (unpaired) electrons. The number of hydrogen-bond acceptors (Lipinski definition) is 5. The molecule has 0 unspecified atom stereocenters. The highest BCUT2D eigenvalue weighted by atomic mass is 35.5. The van der Waals surface area contributed by atoms with Gasteiger partial charge in [0.1, 0.15) is 4.88 Å². The molecule has 0 atom stereocenters. The first-order valence-electron chi connectivity index (χ1n) is 5.89. The average molecular weight is 339 g/mol. The van der Waals surface area contributed by atoms with E-state index in [9.17, 15) is 18.0 Å². The predicted molar refractivity (Wildman–Crippen MR) is 70.8 cm³/mol. The molecule has 0 aromatic carbocycles. The zero-order chi connectivity index (χ0) is 15.8. The van der Waals surface area contributed by atoms with Crippen molar-refractivity contribution < 1.29 is 18.0 Å². The molecule has 1 aromatic rings. The van der Waals surface area contributed by atoms with Gasteiger partial charge in [-0.15, -0.1) is 0 Å². The average Bonchev–Trinajstić information content (AvgIpc) is 2.73. The van der Waals surface area contributed by atoms with Gasteiger partial charge in [-0.05, 0) is 12.8 Å². The summed E-state index contributed by atoms with van der Waals surface area (Å²) in [4.78, 5) is 15.8. The molecule has 1 amide bonds. The number of nitriles is 1. The third-order valence-electron chi connectivity index (χ3n) is 3.21. The van der Waals surface area contributed by atoms with Gasteiger partial charge in [-0.1, -0.05) is 22.9 Å². The van der Waals surface area contributed by atoms with Gasteiger partial charge in [0.05, 0.1) is 0 Å². The van der Waals surface area contributed by atoms with Gasteiger partial charge >= 0.3 is 6.18 Å². The molecule has 1 fully saturated rings. The summed E-state index contributed by atoms with van der Waals surface area (Å²) in [5, 5.41) is 10.2. The van der Waals surface area contributed by atoms with Crippen molar-refractivity contribution in [3.05, 3.63) is 10.0 Å². The maximum Gasteiger partial charge on any atom is 0.428 e. The highest BCUT2D eigenvalue weighted by Crippen LogP contribution is 2.42. The lowest BCUT2D eigenvalue weighted by Crippen LogP contribution is -2.46. The fraction of sp³-hybridized carbons (Fsp3) is 0.545. The van der Waals surface area contributed by atoms with E-state index >= 15 is 0 Å². The largest absolute Gasteiger partial charge is 0.428 e. The van der Waals surface area contributed by atoms with Crippen molar-refractivity contribution in [1.82, 2.24) is 10.3 Å². The molecular weight excluding hydrogens is 329 g/mol. The van der Waals surface area contributed by atoms with Crippen molar-refractivity contribution in [2.45, 2.75) is 25.1 Å². The van der Waals surface area contributed by atoms with Gasteiger partial charge in [-0.2, -0.15) is 18.4 Å². The summed E-state index contributed by atoms with van der Waals surface area (Å²) < 4.78 is 37.9. The summed E-state index contributed by atoms with van der Waals surface area (Å²) in [7, 11) is 1.36. The Morgan fingerprint density at radius 2 is 2.19 bits per heavy atom. The van der Waals surface area contributed by atoms with E-state index in [1.165, 1.54) is 7.05 Å². The van der Waals surface area contributed by atoms with Crippen molar-refractivity contribution in [3.63, 3.8) is 0 Å². The quantitative estimate of drug-likeness (QED) is 0.679. The van der Waals surface area contributed by atoms with Gasteiger partial charge in [-0.25, -0.2) is 4.98 Å². The third kappa shape index (κ3) is 3.22. The highest BCUT2D eigenvalue weighted by Gasteiger charge is 2.40. The van der Waals surface area contributed by atoms with E-state index in [1.807, 2.05) is 0 Å². The van der Waals surface area contributed by atoms with Gasteiger partial charge < -0.3 is 5.32 Å². The standard InChI is InChI=1S/C11H10ClF3N4OS/c1-19(9(20)5-2-6(3-5)17-4-16)10-18-8(12)7(21-10)11(13,14)15/h5-6,17H,2-3H2,1H3/t5-,6-. The molecule has 114 valence electrons. The summed E-state index contributed by atoms with van der Waals surface area (Å²) in [5.74, 6) is -0.650. The zero-order valence-corrected chi connectivity index (χ0v) is 12.3. The van der Waals surface area contributed by atoms with Crippen LogP contribution in [0.2, 0.25) is 5.15 Å². The number of nitrogens with zero attached hydrogens (tertiary/aromatic N) is 3. The molecule has 1 aliphatic carbocycles. The molecule has 1 aliphatic rings. The van der Waals surface area contributed by atoms with Crippen LogP contribution in [0, 0.1) is 17.4 Å². The number of carbonyl (C=O) groups is 1. The number of carbonyl (C=O) groups excluding carboxylic acids is 1. The Balaban J connectivity index is 2.06. The van der Waals surface area contributed by atoms with Crippen LogP contribution < -0.4 is 10.2 Å². The van der Waals surface area contributed by atoms with Crippen LogP contribution in [0.1, 0.15) is 17.7 Å². The normalized spacial score (nSPS) is 21.3. The number of aromatic nitrogens is 1. The molecule has 1 heterocycles. The number of hydrogen-bond donors (Lipinski definition) is 1. The predicted octanol–water partition coefficient (Wildman–Crippen LogP) is 2.63. The van der Waals surface area contributed by atoms with Crippen LogP contribution in [0.5, 0.6) is 0 Å². The molecule has 0 bridgehead atoms. The molecule has 1 N–H and O–H groups in total. The van der Waals surface area contributed by atoms with Gasteiger partial charge in [0.25, 0.3) is 0 Å². The van der Waals surface area contributed by atoms with Gasteiger partial charge in [0, 0.05) is 19.0 Å². The lowest BCUT2D eigenvalue weighted by molar-refractivity contribution is -0.134. The second-order valence-electron chi connectivity index (χ2n) is 4.63. The van der Waals surface area contributed by atoms with Crippen molar-refractivity contribution in [2.75, 3.05) is 11.9 Å². The van der Waals surface area contributed by atoms with E-state index in [0.29, 0.717) is 24.2 Å². The van der Waals surface area contributed by atoms with E-state index in [-0.39, 0.29) is 23.0 Å². The Morgan fingerprint density at radius 1 is 1.57 bits per heavy atom. The molecule has 0 aliphatic heterocycles. The molecule has 5 nitrogen and oxygen atoms in total. The minimum Gasteiger partial charge on any atom is -0.321 e. The molecular formula is C11H10ClF3N4OS.